The molecule has 3 rings (SSSR count). The van der Waals surface area contributed by atoms with Crippen LogP contribution in [0.3, 0.4) is 0 Å². The lowest BCUT2D eigenvalue weighted by Crippen LogP contribution is -2.53. The molecule has 1 saturated heterocycles. The Labute approximate surface area is 173 Å². The number of hydrogen-bond donors (Lipinski definition) is 1. The third kappa shape index (κ3) is 4.57. The van der Waals surface area contributed by atoms with E-state index in [2.05, 4.69) is 18.0 Å². The smallest absolute Gasteiger partial charge is 0.265 e. The van der Waals surface area contributed by atoms with Gasteiger partial charge in [0.05, 0.1) is 11.6 Å². The summed E-state index contributed by atoms with van der Waals surface area (Å²) in [6.45, 7) is 4.07. The van der Waals surface area contributed by atoms with Gasteiger partial charge in [-0.25, -0.2) is 0 Å². The second-order valence-corrected chi connectivity index (χ2v) is 6.54. The Morgan fingerprint density at radius 1 is 1.17 bits per heavy atom. The van der Waals surface area contributed by atoms with E-state index in [1.54, 1.807) is 36.4 Å². The first-order chi connectivity index (χ1) is 14.0. The molecule has 0 spiro atoms. The zero-order valence-corrected chi connectivity index (χ0v) is 16.2. The molecule has 2 aromatic rings. The van der Waals surface area contributed by atoms with Gasteiger partial charge >= 0.3 is 0 Å². The maximum Gasteiger partial charge on any atom is 0.265 e. The highest BCUT2D eigenvalue weighted by Crippen LogP contribution is 2.19. The molecule has 6 nitrogen and oxygen atoms in total. The van der Waals surface area contributed by atoms with E-state index in [9.17, 15) is 9.59 Å². The van der Waals surface area contributed by atoms with Crippen molar-refractivity contribution in [2.24, 2.45) is 0 Å². The monoisotopic (exact) mass is 403 g/mol. The van der Waals surface area contributed by atoms with Gasteiger partial charge < -0.3 is 4.74 Å². The molecule has 2 aromatic carbocycles. The molecule has 0 atom stereocenters. The molecular weight excluding hydrogens is 386 g/mol. The number of amides is 2. The van der Waals surface area contributed by atoms with Crippen molar-refractivity contribution in [1.29, 1.82) is 5.26 Å². The molecule has 0 aliphatic carbocycles. The standard InChI is InChI=1S/C22H17N3O3S/c1-2-11-25-21(27)19(20(26)24-22(25)29)12-15-7-9-18(10-8-15)28-14-17-6-4-3-5-16(17)13-23/h2-10,12H,1,11,14H2,(H,24,26,29). The molecule has 1 aliphatic rings. The second-order valence-electron chi connectivity index (χ2n) is 6.15. The van der Waals surface area contributed by atoms with Crippen molar-refractivity contribution >= 4 is 35.2 Å². The number of nitrogens with one attached hydrogen (secondary N) is 1. The number of thiocarbonyl (C=S) groups is 1. The zero-order chi connectivity index (χ0) is 20.8. The van der Waals surface area contributed by atoms with Gasteiger partial charge in [0.2, 0.25) is 0 Å². The molecule has 1 aliphatic heterocycles. The molecule has 1 N–H and O–H groups in total. The molecule has 2 amide bonds. The summed E-state index contributed by atoms with van der Waals surface area (Å²) >= 11 is 5.03. The maximum atomic E-state index is 12.5. The highest BCUT2D eigenvalue weighted by Gasteiger charge is 2.32. The van der Waals surface area contributed by atoms with Gasteiger partial charge in [0.25, 0.3) is 11.8 Å². The molecule has 1 heterocycles. The van der Waals surface area contributed by atoms with Crippen LogP contribution in [0.1, 0.15) is 16.7 Å². The Morgan fingerprint density at radius 2 is 1.90 bits per heavy atom. The third-order valence-electron chi connectivity index (χ3n) is 4.22. The van der Waals surface area contributed by atoms with E-state index in [1.165, 1.54) is 17.1 Å². The topological polar surface area (TPSA) is 82.4 Å². The Hall–Kier alpha value is -3.76. The van der Waals surface area contributed by atoms with E-state index >= 15 is 0 Å². The van der Waals surface area contributed by atoms with E-state index in [-0.39, 0.29) is 23.8 Å². The summed E-state index contributed by atoms with van der Waals surface area (Å²) in [5, 5.41) is 11.7. The number of nitrogens with zero attached hydrogens (tertiary/aromatic N) is 2. The lowest BCUT2D eigenvalue weighted by Gasteiger charge is -2.27. The van der Waals surface area contributed by atoms with Crippen molar-refractivity contribution in [3.63, 3.8) is 0 Å². The molecule has 29 heavy (non-hydrogen) atoms. The first-order valence-electron chi connectivity index (χ1n) is 8.74. The van der Waals surface area contributed by atoms with Crippen molar-refractivity contribution in [2.45, 2.75) is 6.61 Å². The van der Waals surface area contributed by atoms with Crippen LogP contribution in [0.15, 0.2) is 66.8 Å². The van der Waals surface area contributed by atoms with Gasteiger partial charge in [-0.05, 0) is 42.1 Å². The first-order valence-corrected chi connectivity index (χ1v) is 9.15. The van der Waals surface area contributed by atoms with Crippen molar-refractivity contribution in [3.8, 4) is 11.8 Å². The minimum atomic E-state index is -0.534. The van der Waals surface area contributed by atoms with Crippen LogP contribution in [0.4, 0.5) is 0 Å². The van der Waals surface area contributed by atoms with Gasteiger partial charge in [0.1, 0.15) is 17.9 Å². The molecule has 144 valence electrons. The summed E-state index contributed by atoms with van der Waals surface area (Å²) in [6, 6.07) is 16.3. The van der Waals surface area contributed by atoms with Crippen LogP contribution in [0.5, 0.6) is 5.75 Å². The Balaban J connectivity index is 1.73. The minimum Gasteiger partial charge on any atom is -0.489 e. The summed E-state index contributed by atoms with van der Waals surface area (Å²) in [4.78, 5) is 26.0. The fourth-order valence-electron chi connectivity index (χ4n) is 2.73. The average molecular weight is 403 g/mol. The van der Waals surface area contributed by atoms with E-state index in [0.717, 1.165) is 5.56 Å². The van der Waals surface area contributed by atoms with Gasteiger partial charge in [0.15, 0.2) is 5.11 Å². The van der Waals surface area contributed by atoms with Crippen LogP contribution in [-0.4, -0.2) is 28.4 Å². The van der Waals surface area contributed by atoms with Crippen LogP contribution >= 0.6 is 12.2 Å². The fraction of sp³-hybridized carbons (Fsp3) is 0.0909. The van der Waals surface area contributed by atoms with Crippen molar-refractivity contribution in [2.75, 3.05) is 6.54 Å². The van der Waals surface area contributed by atoms with Gasteiger partial charge in [-0.3, -0.25) is 19.8 Å². The summed E-state index contributed by atoms with van der Waals surface area (Å²) < 4.78 is 5.73. The largest absolute Gasteiger partial charge is 0.489 e. The van der Waals surface area contributed by atoms with E-state index in [4.69, 9.17) is 22.2 Å². The highest BCUT2D eigenvalue weighted by atomic mass is 32.1. The Morgan fingerprint density at radius 3 is 2.59 bits per heavy atom. The summed E-state index contributed by atoms with van der Waals surface area (Å²) in [6.07, 6.45) is 3.04. The number of rotatable bonds is 6. The predicted molar refractivity (Wildman–Crippen MR) is 113 cm³/mol. The lowest BCUT2D eigenvalue weighted by atomic mass is 10.1. The van der Waals surface area contributed by atoms with Crippen LogP contribution in [-0.2, 0) is 16.2 Å². The van der Waals surface area contributed by atoms with Gasteiger partial charge in [-0.2, -0.15) is 5.26 Å². The predicted octanol–water partition coefficient (Wildman–Crippen LogP) is 2.95. The number of nitriles is 1. The fourth-order valence-corrected chi connectivity index (χ4v) is 2.98. The molecular formula is C22H17N3O3S. The van der Waals surface area contributed by atoms with Gasteiger partial charge in [-0.1, -0.05) is 36.4 Å². The van der Waals surface area contributed by atoms with E-state index in [0.29, 0.717) is 16.9 Å². The summed E-state index contributed by atoms with van der Waals surface area (Å²) in [5.41, 5.74) is 2.03. The van der Waals surface area contributed by atoms with Crippen molar-refractivity contribution in [1.82, 2.24) is 10.2 Å². The van der Waals surface area contributed by atoms with Crippen LogP contribution in [0, 0.1) is 11.3 Å². The van der Waals surface area contributed by atoms with E-state index < -0.39 is 11.8 Å². The van der Waals surface area contributed by atoms with Gasteiger partial charge in [0, 0.05) is 12.1 Å². The zero-order valence-electron chi connectivity index (χ0n) is 15.4. The Kier molecular flexibility index (Phi) is 6.17. The van der Waals surface area contributed by atoms with Crippen LogP contribution < -0.4 is 10.1 Å². The highest BCUT2D eigenvalue weighted by molar-refractivity contribution is 7.80. The number of benzene rings is 2. The number of carbonyl (C=O) groups excluding carboxylic acids is 2. The average Bonchev–Trinajstić information content (AvgIpc) is 2.73. The normalized spacial score (nSPS) is 15.1. The van der Waals surface area contributed by atoms with Crippen molar-refractivity contribution in [3.05, 3.63) is 83.4 Å². The molecule has 7 heteroatoms. The SMILES string of the molecule is C=CCN1C(=O)C(=Cc2ccc(OCc3ccccc3C#N)cc2)C(=O)NC1=S. The van der Waals surface area contributed by atoms with E-state index in [1.807, 2.05) is 12.1 Å². The molecule has 0 unspecified atom stereocenters. The minimum absolute atomic E-state index is 0.00272. The second kappa shape index (κ2) is 8.95. The quantitative estimate of drug-likeness (QED) is 0.347. The Bertz CT molecular complexity index is 1050. The maximum absolute atomic E-state index is 12.5. The van der Waals surface area contributed by atoms with Gasteiger partial charge in [-0.15, -0.1) is 6.58 Å². The number of hydrogen-bond acceptors (Lipinski definition) is 5. The van der Waals surface area contributed by atoms with Crippen molar-refractivity contribution < 1.29 is 14.3 Å². The third-order valence-corrected chi connectivity index (χ3v) is 4.54. The summed E-state index contributed by atoms with van der Waals surface area (Å²) in [7, 11) is 0. The van der Waals surface area contributed by atoms with Crippen LogP contribution in [0.2, 0.25) is 0 Å². The number of carbonyl (C=O) groups is 2. The molecule has 1 fully saturated rings. The lowest BCUT2D eigenvalue weighted by molar-refractivity contribution is -0.128. The molecule has 0 saturated carbocycles. The number of ether oxygens (including phenoxy) is 1. The molecule has 0 radical (unpaired) electrons. The molecule has 0 aromatic heterocycles. The van der Waals surface area contributed by atoms with Crippen LogP contribution in [0.25, 0.3) is 6.08 Å². The first kappa shape index (κ1) is 20.0. The molecule has 0 bridgehead atoms. The summed E-state index contributed by atoms with van der Waals surface area (Å²) in [5.74, 6) is -0.394.